The van der Waals surface area contributed by atoms with Crippen LogP contribution in [-0.4, -0.2) is 6.54 Å². The zero-order chi connectivity index (χ0) is 15.4. The summed E-state index contributed by atoms with van der Waals surface area (Å²) in [6.07, 6.45) is 0. The van der Waals surface area contributed by atoms with E-state index in [1.165, 1.54) is 6.07 Å². The highest BCUT2D eigenvalue weighted by atomic mass is 35.5. The van der Waals surface area contributed by atoms with Gasteiger partial charge in [-0.15, -0.1) is 0 Å². The fourth-order valence-corrected chi connectivity index (χ4v) is 2.52. The highest BCUT2D eigenvalue weighted by Gasteiger charge is 2.10. The Balaban J connectivity index is 2.22. The minimum Gasteiger partial charge on any atom is -0.454 e. The molecule has 2 nitrogen and oxygen atoms in total. The molecular formula is C15H13Cl4NO. The Labute approximate surface area is 143 Å². The van der Waals surface area contributed by atoms with Crippen LogP contribution < -0.4 is 10.1 Å². The van der Waals surface area contributed by atoms with Crippen LogP contribution in [0, 0.1) is 0 Å². The molecule has 6 heteroatoms. The summed E-state index contributed by atoms with van der Waals surface area (Å²) < 4.78 is 5.71. The topological polar surface area (TPSA) is 21.3 Å². The number of hydrogen-bond acceptors (Lipinski definition) is 2. The van der Waals surface area contributed by atoms with Crippen molar-refractivity contribution in [2.45, 2.75) is 13.5 Å². The lowest BCUT2D eigenvalue weighted by molar-refractivity contribution is 0.483. The minimum atomic E-state index is 0.371. The van der Waals surface area contributed by atoms with Crippen molar-refractivity contribution in [2.24, 2.45) is 0 Å². The molecule has 0 bridgehead atoms. The maximum atomic E-state index is 6.23. The zero-order valence-corrected chi connectivity index (χ0v) is 14.2. The molecule has 0 aliphatic heterocycles. The van der Waals surface area contributed by atoms with Gasteiger partial charge in [-0.1, -0.05) is 59.4 Å². The van der Waals surface area contributed by atoms with Crippen molar-refractivity contribution in [3.05, 3.63) is 56.0 Å². The number of ether oxygens (including phenoxy) is 1. The van der Waals surface area contributed by atoms with Gasteiger partial charge in [-0.3, -0.25) is 0 Å². The molecule has 1 N–H and O–H groups in total. The van der Waals surface area contributed by atoms with Crippen LogP contribution >= 0.6 is 46.4 Å². The molecule has 0 radical (unpaired) electrons. The van der Waals surface area contributed by atoms with Crippen LogP contribution in [0.25, 0.3) is 0 Å². The van der Waals surface area contributed by atoms with Gasteiger partial charge in [0.25, 0.3) is 0 Å². The molecule has 0 spiro atoms. The standard InChI is InChI=1S/C15H13Cl4NO/c1-2-20-8-9-3-4-14(12(18)5-9)21-15-7-11(17)10(16)6-13(15)19/h3-7,20H,2,8H2,1H3. The van der Waals surface area contributed by atoms with E-state index >= 15 is 0 Å². The third-order valence-electron chi connectivity index (χ3n) is 2.77. The quantitative estimate of drug-likeness (QED) is 0.637. The number of nitrogens with one attached hydrogen (secondary N) is 1. The Bertz CT molecular complexity index is 646. The van der Waals surface area contributed by atoms with E-state index < -0.39 is 0 Å². The van der Waals surface area contributed by atoms with Crippen molar-refractivity contribution in [3.63, 3.8) is 0 Å². The van der Waals surface area contributed by atoms with Gasteiger partial charge in [-0.05, 0) is 30.3 Å². The van der Waals surface area contributed by atoms with Gasteiger partial charge >= 0.3 is 0 Å². The molecule has 0 saturated carbocycles. The summed E-state index contributed by atoms with van der Waals surface area (Å²) in [5.41, 5.74) is 1.08. The summed E-state index contributed by atoms with van der Waals surface area (Å²) >= 11 is 24.2. The molecule has 0 aliphatic carbocycles. The lowest BCUT2D eigenvalue weighted by Gasteiger charge is -2.11. The lowest BCUT2D eigenvalue weighted by Crippen LogP contribution is -2.11. The number of benzene rings is 2. The SMILES string of the molecule is CCNCc1ccc(Oc2cc(Cl)c(Cl)cc2Cl)c(Cl)c1. The van der Waals surface area contributed by atoms with Crippen molar-refractivity contribution >= 4 is 46.4 Å². The lowest BCUT2D eigenvalue weighted by atomic mass is 10.2. The van der Waals surface area contributed by atoms with E-state index in [9.17, 15) is 0 Å². The fourth-order valence-electron chi connectivity index (χ4n) is 1.71. The Kier molecular flexibility index (Phi) is 6.03. The highest BCUT2D eigenvalue weighted by molar-refractivity contribution is 6.43. The van der Waals surface area contributed by atoms with Crippen LogP contribution in [0.15, 0.2) is 30.3 Å². The number of rotatable bonds is 5. The average Bonchev–Trinajstić information content (AvgIpc) is 2.45. The Hall–Kier alpha value is -0.640. The summed E-state index contributed by atoms with van der Waals surface area (Å²) in [5.74, 6) is 0.921. The number of hydrogen-bond donors (Lipinski definition) is 1. The second-order valence-corrected chi connectivity index (χ2v) is 5.97. The molecule has 0 saturated heterocycles. The largest absolute Gasteiger partial charge is 0.454 e. The third kappa shape index (κ3) is 4.41. The van der Waals surface area contributed by atoms with Crippen LogP contribution in [0.3, 0.4) is 0 Å². The average molecular weight is 365 g/mol. The monoisotopic (exact) mass is 363 g/mol. The molecule has 0 amide bonds. The first kappa shape index (κ1) is 16.7. The van der Waals surface area contributed by atoms with Crippen molar-refractivity contribution in [1.82, 2.24) is 5.32 Å². The predicted octanol–water partition coefficient (Wildman–Crippen LogP) is 6.20. The van der Waals surface area contributed by atoms with Crippen LogP contribution in [0.2, 0.25) is 20.1 Å². The normalized spacial score (nSPS) is 10.7. The van der Waals surface area contributed by atoms with Gasteiger partial charge < -0.3 is 10.1 Å². The minimum absolute atomic E-state index is 0.371. The second-order valence-electron chi connectivity index (χ2n) is 4.34. The molecular weight excluding hydrogens is 352 g/mol. The van der Waals surface area contributed by atoms with E-state index in [2.05, 4.69) is 5.32 Å². The molecule has 0 aliphatic rings. The van der Waals surface area contributed by atoms with Crippen LogP contribution in [0.5, 0.6) is 11.5 Å². The summed E-state index contributed by atoms with van der Waals surface area (Å²) in [7, 11) is 0. The molecule has 2 aromatic rings. The summed E-state index contributed by atoms with van der Waals surface area (Å²) in [5, 5.41) is 4.86. The zero-order valence-electron chi connectivity index (χ0n) is 11.2. The second kappa shape index (κ2) is 7.57. The van der Waals surface area contributed by atoms with Gasteiger partial charge in [-0.2, -0.15) is 0 Å². The molecule has 112 valence electrons. The predicted molar refractivity (Wildman–Crippen MR) is 90.4 cm³/mol. The van der Waals surface area contributed by atoms with E-state index in [0.29, 0.717) is 31.6 Å². The van der Waals surface area contributed by atoms with Gasteiger partial charge in [0.1, 0.15) is 11.5 Å². The van der Waals surface area contributed by atoms with Gasteiger partial charge in [0.05, 0.1) is 20.1 Å². The van der Waals surface area contributed by atoms with E-state index in [1.54, 1.807) is 12.1 Å². The van der Waals surface area contributed by atoms with E-state index in [4.69, 9.17) is 51.1 Å². The maximum absolute atomic E-state index is 6.23. The first-order valence-corrected chi connectivity index (χ1v) is 7.84. The Morgan fingerprint density at radius 1 is 0.857 bits per heavy atom. The van der Waals surface area contributed by atoms with Crippen molar-refractivity contribution in [1.29, 1.82) is 0 Å². The van der Waals surface area contributed by atoms with Gasteiger partial charge in [-0.25, -0.2) is 0 Å². The highest BCUT2D eigenvalue weighted by Crippen LogP contribution is 2.38. The number of halogens is 4. The Morgan fingerprint density at radius 2 is 1.52 bits per heavy atom. The van der Waals surface area contributed by atoms with Crippen molar-refractivity contribution in [3.8, 4) is 11.5 Å². The van der Waals surface area contributed by atoms with Gasteiger partial charge in [0.2, 0.25) is 0 Å². The molecule has 2 rings (SSSR count). The van der Waals surface area contributed by atoms with Gasteiger partial charge in [0, 0.05) is 12.6 Å². The molecule has 0 atom stereocenters. The summed E-state index contributed by atoms with van der Waals surface area (Å²) in [4.78, 5) is 0. The molecule has 21 heavy (non-hydrogen) atoms. The molecule has 2 aromatic carbocycles. The smallest absolute Gasteiger partial charge is 0.147 e. The summed E-state index contributed by atoms with van der Waals surface area (Å²) in [6, 6.07) is 8.69. The van der Waals surface area contributed by atoms with E-state index in [1.807, 2.05) is 19.1 Å². The first-order valence-electron chi connectivity index (χ1n) is 6.32. The molecule has 0 aromatic heterocycles. The summed E-state index contributed by atoms with van der Waals surface area (Å²) in [6.45, 7) is 3.70. The van der Waals surface area contributed by atoms with Crippen molar-refractivity contribution in [2.75, 3.05) is 6.54 Å². The Morgan fingerprint density at radius 3 is 2.19 bits per heavy atom. The fraction of sp³-hybridized carbons (Fsp3) is 0.200. The van der Waals surface area contributed by atoms with Gasteiger partial charge in [0.15, 0.2) is 0 Å². The third-order valence-corrected chi connectivity index (χ3v) is 4.08. The maximum Gasteiger partial charge on any atom is 0.147 e. The molecule has 0 unspecified atom stereocenters. The van der Waals surface area contributed by atoms with Crippen molar-refractivity contribution < 1.29 is 4.74 Å². The first-order chi connectivity index (χ1) is 10.0. The molecule has 0 heterocycles. The van der Waals surface area contributed by atoms with Crippen LogP contribution in [0.4, 0.5) is 0 Å². The van der Waals surface area contributed by atoms with Crippen LogP contribution in [-0.2, 0) is 6.54 Å². The molecule has 0 fully saturated rings. The van der Waals surface area contributed by atoms with E-state index in [-0.39, 0.29) is 0 Å². The van der Waals surface area contributed by atoms with Crippen LogP contribution in [0.1, 0.15) is 12.5 Å². The van der Waals surface area contributed by atoms with E-state index in [0.717, 1.165) is 18.7 Å².